The average molecular weight is 293 g/mol. The zero-order chi connectivity index (χ0) is 15.0. The van der Waals surface area contributed by atoms with Gasteiger partial charge in [-0.25, -0.2) is 0 Å². The predicted molar refractivity (Wildman–Crippen MR) is 76.3 cm³/mol. The molecule has 1 spiro atoms. The number of hydrogen-bond acceptors (Lipinski definition) is 4. The molecular weight excluding hydrogens is 270 g/mol. The fraction of sp³-hybridized carbons (Fsp3) is 0.800. The van der Waals surface area contributed by atoms with Gasteiger partial charge in [0.1, 0.15) is 0 Å². The molecule has 0 aromatic heterocycles. The van der Waals surface area contributed by atoms with Crippen LogP contribution < -0.4 is 5.32 Å². The van der Waals surface area contributed by atoms with Crippen molar-refractivity contribution < 1.29 is 14.4 Å². The summed E-state index contributed by atoms with van der Waals surface area (Å²) in [7, 11) is 2.01. The number of rotatable bonds is 1. The Morgan fingerprint density at radius 2 is 1.76 bits per heavy atom. The van der Waals surface area contributed by atoms with Crippen LogP contribution in [0.15, 0.2) is 0 Å². The van der Waals surface area contributed by atoms with Crippen molar-refractivity contribution in [1.82, 2.24) is 15.1 Å². The smallest absolute Gasteiger partial charge is 0.239 e. The molecule has 0 aliphatic carbocycles. The SMILES string of the molecule is CN1CCC[C@H]1C(=O)N1CCC2(CC1)CC(=O)NC(=O)C2. The molecule has 6 heteroatoms. The molecular formula is C15H23N3O3. The van der Waals surface area contributed by atoms with Gasteiger partial charge in [-0.3, -0.25) is 24.6 Å². The number of imide groups is 1. The molecule has 3 amide bonds. The standard InChI is InChI=1S/C15H23N3O3/c1-17-6-2-3-11(17)14(21)18-7-4-15(5-8-18)9-12(19)16-13(20)10-15/h11H,2-10H2,1H3,(H,16,19,20)/t11-/m0/s1. The van der Waals surface area contributed by atoms with Gasteiger partial charge in [0.2, 0.25) is 17.7 Å². The number of nitrogens with one attached hydrogen (secondary N) is 1. The van der Waals surface area contributed by atoms with Crippen LogP contribution in [0.1, 0.15) is 38.5 Å². The first-order valence-corrected chi connectivity index (χ1v) is 7.81. The van der Waals surface area contributed by atoms with Crippen molar-refractivity contribution in [3.8, 4) is 0 Å². The van der Waals surface area contributed by atoms with E-state index in [2.05, 4.69) is 10.2 Å². The maximum Gasteiger partial charge on any atom is 0.239 e. The van der Waals surface area contributed by atoms with Crippen molar-refractivity contribution in [2.75, 3.05) is 26.7 Å². The number of piperidine rings is 2. The third kappa shape index (κ3) is 2.81. The molecule has 0 aromatic carbocycles. The monoisotopic (exact) mass is 293 g/mol. The fourth-order valence-electron chi connectivity index (χ4n) is 3.98. The summed E-state index contributed by atoms with van der Waals surface area (Å²) < 4.78 is 0. The maximum absolute atomic E-state index is 12.5. The Hall–Kier alpha value is -1.43. The third-order valence-corrected chi connectivity index (χ3v) is 5.29. The number of likely N-dealkylation sites (tertiary alicyclic amines) is 2. The summed E-state index contributed by atoms with van der Waals surface area (Å²) in [4.78, 5) is 39.8. The Bertz CT molecular complexity index is 451. The minimum absolute atomic E-state index is 0.0235. The van der Waals surface area contributed by atoms with Gasteiger partial charge in [0.15, 0.2) is 0 Å². The summed E-state index contributed by atoms with van der Waals surface area (Å²) in [5.74, 6) is -0.112. The largest absolute Gasteiger partial charge is 0.341 e. The Morgan fingerprint density at radius 3 is 2.29 bits per heavy atom. The molecule has 3 aliphatic rings. The molecule has 3 fully saturated rings. The number of amides is 3. The van der Waals surface area contributed by atoms with Gasteiger partial charge in [-0.15, -0.1) is 0 Å². The average Bonchev–Trinajstić information content (AvgIpc) is 2.83. The molecule has 0 unspecified atom stereocenters. The van der Waals surface area contributed by atoms with Gasteiger partial charge in [-0.05, 0) is 44.7 Å². The van der Waals surface area contributed by atoms with Crippen LogP contribution in [0, 0.1) is 5.41 Å². The highest BCUT2D eigenvalue weighted by atomic mass is 16.2. The van der Waals surface area contributed by atoms with Gasteiger partial charge in [0, 0.05) is 25.9 Å². The highest BCUT2D eigenvalue weighted by molar-refractivity contribution is 5.98. The Morgan fingerprint density at radius 1 is 1.14 bits per heavy atom. The Kier molecular flexibility index (Phi) is 3.73. The highest BCUT2D eigenvalue weighted by Crippen LogP contribution is 2.40. The van der Waals surface area contributed by atoms with Crippen LogP contribution in [0.25, 0.3) is 0 Å². The van der Waals surface area contributed by atoms with E-state index in [1.54, 1.807) is 0 Å². The van der Waals surface area contributed by atoms with E-state index in [1.165, 1.54) is 0 Å². The molecule has 3 rings (SSSR count). The number of hydrogen-bond donors (Lipinski definition) is 1. The van der Waals surface area contributed by atoms with Crippen LogP contribution >= 0.6 is 0 Å². The van der Waals surface area contributed by atoms with E-state index in [1.807, 2.05) is 11.9 Å². The Balaban J connectivity index is 1.61. The predicted octanol–water partition coefficient (Wildman–Crippen LogP) is 0.126. The molecule has 3 aliphatic heterocycles. The maximum atomic E-state index is 12.5. The molecule has 1 atom stereocenters. The van der Waals surface area contributed by atoms with Crippen molar-refractivity contribution >= 4 is 17.7 Å². The normalized spacial score (nSPS) is 29.8. The molecule has 0 radical (unpaired) electrons. The summed E-state index contributed by atoms with van der Waals surface area (Å²) >= 11 is 0. The van der Waals surface area contributed by atoms with Crippen molar-refractivity contribution in [3.05, 3.63) is 0 Å². The zero-order valence-corrected chi connectivity index (χ0v) is 12.6. The first kappa shape index (κ1) is 14.5. The Labute approximate surface area is 124 Å². The third-order valence-electron chi connectivity index (χ3n) is 5.29. The fourth-order valence-corrected chi connectivity index (χ4v) is 3.98. The molecule has 21 heavy (non-hydrogen) atoms. The lowest BCUT2D eigenvalue weighted by Crippen LogP contribution is -2.53. The van der Waals surface area contributed by atoms with Gasteiger partial charge in [0.05, 0.1) is 6.04 Å². The summed E-state index contributed by atoms with van der Waals surface area (Å²) in [6.45, 7) is 2.33. The molecule has 6 nitrogen and oxygen atoms in total. The topological polar surface area (TPSA) is 69.7 Å². The van der Waals surface area contributed by atoms with Crippen LogP contribution in [0.5, 0.6) is 0 Å². The van der Waals surface area contributed by atoms with Gasteiger partial charge in [-0.1, -0.05) is 0 Å². The second-order valence-corrected chi connectivity index (χ2v) is 6.79. The van der Waals surface area contributed by atoms with Crippen molar-refractivity contribution in [1.29, 1.82) is 0 Å². The number of carbonyl (C=O) groups excluding carboxylic acids is 3. The van der Waals surface area contributed by atoms with Gasteiger partial charge in [0.25, 0.3) is 0 Å². The van der Waals surface area contributed by atoms with E-state index in [0.717, 1.165) is 32.2 Å². The number of likely N-dealkylation sites (N-methyl/N-ethyl adjacent to an activating group) is 1. The number of carbonyl (C=O) groups is 3. The van der Waals surface area contributed by atoms with Crippen molar-refractivity contribution in [2.45, 2.75) is 44.6 Å². The first-order chi connectivity index (χ1) is 9.99. The van der Waals surface area contributed by atoms with E-state index >= 15 is 0 Å². The summed E-state index contributed by atoms with van der Waals surface area (Å²) in [5, 5.41) is 2.37. The highest BCUT2D eigenvalue weighted by Gasteiger charge is 2.43. The van der Waals surface area contributed by atoms with E-state index in [0.29, 0.717) is 25.9 Å². The molecule has 116 valence electrons. The lowest BCUT2D eigenvalue weighted by molar-refractivity contribution is -0.142. The van der Waals surface area contributed by atoms with Crippen LogP contribution in [0.2, 0.25) is 0 Å². The summed E-state index contributed by atoms with van der Waals surface area (Å²) in [5.41, 5.74) is -0.211. The van der Waals surface area contributed by atoms with E-state index in [-0.39, 0.29) is 29.2 Å². The molecule has 1 N–H and O–H groups in total. The molecule has 3 heterocycles. The molecule has 0 bridgehead atoms. The van der Waals surface area contributed by atoms with E-state index in [4.69, 9.17) is 0 Å². The number of nitrogens with zero attached hydrogens (tertiary/aromatic N) is 2. The zero-order valence-electron chi connectivity index (χ0n) is 12.6. The first-order valence-electron chi connectivity index (χ1n) is 7.81. The quantitative estimate of drug-likeness (QED) is 0.698. The van der Waals surface area contributed by atoms with E-state index < -0.39 is 0 Å². The van der Waals surface area contributed by atoms with Crippen LogP contribution in [0.4, 0.5) is 0 Å². The summed E-state index contributed by atoms with van der Waals surface area (Å²) in [6, 6.07) is 0.0235. The molecule has 3 saturated heterocycles. The van der Waals surface area contributed by atoms with E-state index in [9.17, 15) is 14.4 Å². The van der Waals surface area contributed by atoms with Gasteiger partial charge < -0.3 is 4.90 Å². The summed E-state index contributed by atoms with van der Waals surface area (Å²) in [6.07, 6.45) is 4.38. The second kappa shape index (κ2) is 5.40. The minimum atomic E-state index is -0.211. The lowest BCUT2D eigenvalue weighted by Gasteiger charge is -2.43. The van der Waals surface area contributed by atoms with Crippen molar-refractivity contribution in [2.24, 2.45) is 5.41 Å². The lowest BCUT2D eigenvalue weighted by atomic mass is 9.71. The minimum Gasteiger partial charge on any atom is -0.341 e. The van der Waals surface area contributed by atoms with Gasteiger partial charge >= 0.3 is 0 Å². The van der Waals surface area contributed by atoms with Crippen molar-refractivity contribution in [3.63, 3.8) is 0 Å². The second-order valence-electron chi connectivity index (χ2n) is 6.79. The molecule has 0 saturated carbocycles. The van der Waals surface area contributed by atoms with Crippen LogP contribution in [-0.4, -0.2) is 60.2 Å². The van der Waals surface area contributed by atoms with Crippen LogP contribution in [-0.2, 0) is 14.4 Å². The van der Waals surface area contributed by atoms with Gasteiger partial charge in [-0.2, -0.15) is 0 Å². The van der Waals surface area contributed by atoms with Crippen LogP contribution in [0.3, 0.4) is 0 Å². The molecule has 0 aromatic rings.